The number of hydrogen-bond acceptors (Lipinski definition) is 2. The van der Waals surface area contributed by atoms with Gasteiger partial charge in [0.1, 0.15) is 0 Å². The Labute approximate surface area is 92.3 Å². The molecule has 0 radical (unpaired) electrons. The molecule has 0 saturated heterocycles. The molecular formula is C12H21NS. The zero-order valence-electron chi connectivity index (χ0n) is 9.33. The highest BCUT2D eigenvalue weighted by molar-refractivity contribution is 7.99. The first-order valence-electron chi connectivity index (χ1n) is 5.75. The Kier molecular flexibility index (Phi) is 5.40. The molecule has 2 unspecified atom stereocenters. The molecule has 0 aromatic heterocycles. The lowest BCUT2D eigenvalue weighted by Gasteiger charge is -2.19. The fourth-order valence-electron chi connectivity index (χ4n) is 1.94. The molecule has 1 aliphatic carbocycles. The van der Waals surface area contributed by atoms with Crippen LogP contribution in [-0.4, -0.2) is 11.0 Å². The summed E-state index contributed by atoms with van der Waals surface area (Å²) >= 11 is 2.03. The second-order valence-electron chi connectivity index (χ2n) is 4.64. The smallest absolute Gasteiger partial charge is 0.0667 e. The maximum absolute atomic E-state index is 9.09. The zero-order valence-corrected chi connectivity index (χ0v) is 10.1. The van der Waals surface area contributed by atoms with E-state index in [4.69, 9.17) is 5.26 Å². The summed E-state index contributed by atoms with van der Waals surface area (Å²) in [6.07, 6.45) is 6.31. The normalized spacial score (nSPS) is 28.4. The molecule has 0 N–H and O–H groups in total. The first-order valence-corrected chi connectivity index (χ1v) is 6.80. The van der Waals surface area contributed by atoms with Crippen LogP contribution in [0.15, 0.2) is 0 Å². The zero-order chi connectivity index (χ0) is 10.4. The summed E-state index contributed by atoms with van der Waals surface area (Å²) in [5.41, 5.74) is 0. The number of nitriles is 1. The number of nitrogens with zero attached hydrogens (tertiary/aromatic N) is 1. The molecule has 0 bridgehead atoms. The van der Waals surface area contributed by atoms with Crippen LogP contribution in [0.5, 0.6) is 0 Å². The van der Waals surface area contributed by atoms with E-state index < -0.39 is 0 Å². The predicted octanol–water partition coefficient (Wildman–Crippen LogP) is 3.85. The Balaban J connectivity index is 2.41. The maximum Gasteiger partial charge on any atom is 0.0667 e. The van der Waals surface area contributed by atoms with E-state index >= 15 is 0 Å². The summed E-state index contributed by atoms with van der Waals surface area (Å²) in [5.74, 6) is 2.28. The van der Waals surface area contributed by atoms with Gasteiger partial charge in [-0.15, -0.1) is 0 Å². The summed E-state index contributed by atoms with van der Waals surface area (Å²) < 4.78 is 0. The first kappa shape index (κ1) is 11.9. The summed E-state index contributed by atoms with van der Waals surface area (Å²) in [5, 5.41) is 9.70. The number of rotatable bonds is 3. The Bertz CT molecular complexity index is 195. The van der Waals surface area contributed by atoms with E-state index in [1.807, 2.05) is 11.8 Å². The lowest BCUT2D eigenvalue weighted by molar-refractivity contribution is 0.583. The molecular weight excluding hydrogens is 190 g/mol. The lowest BCUT2D eigenvalue weighted by atomic mass is 10.0. The van der Waals surface area contributed by atoms with Crippen molar-refractivity contribution in [3.63, 3.8) is 0 Å². The Morgan fingerprint density at radius 2 is 2.00 bits per heavy atom. The van der Waals surface area contributed by atoms with Crippen LogP contribution < -0.4 is 0 Å². The predicted molar refractivity (Wildman–Crippen MR) is 63.3 cm³/mol. The maximum atomic E-state index is 9.09. The van der Waals surface area contributed by atoms with Gasteiger partial charge in [-0.2, -0.15) is 17.0 Å². The van der Waals surface area contributed by atoms with Gasteiger partial charge in [0.2, 0.25) is 0 Å². The third-order valence-corrected chi connectivity index (χ3v) is 4.61. The van der Waals surface area contributed by atoms with Crippen LogP contribution in [0.25, 0.3) is 0 Å². The van der Waals surface area contributed by atoms with Crippen molar-refractivity contribution in [1.29, 1.82) is 5.26 Å². The molecule has 2 atom stereocenters. The summed E-state index contributed by atoms with van der Waals surface area (Å²) in [7, 11) is 0. The fraction of sp³-hybridized carbons (Fsp3) is 0.917. The van der Waals surface area contributed by atoms with E-state index in [2.05, 4.69) is 19.9 Å². The van der Waals surface area contributed by atoms with Gasteiger partial charge in [0, 0.05) is 5.25 Å². The molecule has 80 valence electrons. The van der Waals surface area contributed by atoms with Crippen LogP contribution in [0.2, 0.25) is 0 Å². The molecule has 0 aromatic rings. The Morgan fingerprint density at radius 1 is 1.29 bits per heavy atom. The third-order valence-electron chi connectivity index (χ3n) is 2.76. The second-order valence-corrected chi connectivity index (χ2v) is 5.91. The summed E-state index contributed by atoms with van der Waals surface area (Å²) in [6, 6.07) is 2.50. The van der Waals surface area contributed by atoms with Gasteiger partial charge in [-0.3, -0.25) is 0 Å². The largest absolute Gasteiger partial charge is 0.198 e. The highest BCUT2D eigenvalue weighted by atomic mass is 32.2. The van der Waals surface area contributed by atoms with E-state index in [0.29, 0.717) is 11.2 Å². The van der Waals surface area contributed by atoms with Gasteiger partial charge in [0.05, 0.1) is 12.0 Å². The van der Waals surface area contributed by atoms with Crippen molar-refractivity contribution in [3.05, 3.63) is 0 Å². The van der Waals surface area contributed by atoms with Gasteiger partial charge in [-0.25, -0.2) is 0 Å². The topological polar surface area (TPSA) is 23.8 Å². The minimum atomic E-state index is 0.321. The van der Waals surface area contributed by atoms with E-state index in [1.165, 1.54) is 31.4 Å². The monoisotopic (exact) mass is 211 g/mol. The molecule has 1 nitrogen and oxygen atoms in total. The number of thioether (sulfide) groups is 1. The molecule has 1 aliphatic rings. The number of hydrogen-bond donors (Lipinski definition) is 0. The standard InChI is InChI=1S/C12H21NS/c1-10(2)9-14-12-7-5-3-4-6-11(12)8-13/h10-12H,3-7,9H2,1-2H3. The Hall–Kier alpha value is -0.160. The van der Waals surface area contributed by atoms with E-state index in [1.54, 1.807) is 0 Å². The van der Waals surface area contributed by atoms with Crippen LogP contribution in [0.4, 0.5) is 0 Å². The van der Waals surface area contributed by atoms with Crippen LogP contribution in [0, 0.1) is 23.2 Å². The quantitative estimate of drug-likeness (QED) is 0.662. The fourth-order valence-corrected chi connectivity index (χ4v) is 3.33. The molecule has 0 amide bonds. The highest BCUT2D eigenvalue weighted by Crippen LogP contribution is 2.32. The molecule has 2 heteroatoms. The molecule has 0 aromatic carbocycles. The van der Waals surface area contributed by atoms with Gasteiger partial charge in [0.25, 0.3) is 0 Å². The van der Waals surface area contributed by atoms with Gasteiger partial charge in [-0.05, 0) is 24.5 Å². The second kappa shape index (κ2) is 6.35. The SMILES string of the molecule is CC(C)CSC1CCCCCC1C#N. The lowest BCUT2D eigenvalue weighted by Crippen LogP contribution is -2.15. The molecule has 0 spiro atoms. The Morgan fingerprint density at radius 3 is 2.64 bits per heavy atom. The van der Waals surface area contributed by atoms with Gasteiger partial charge >= 0.3 is 0 Å². The average Bonchev–Trinajstić information content (AvgIpc) is 2.38. The third kappa shape index (κ3) is 3.92. The summed E-state index contributed by atoms with van der Waals surface area (Å²) in [4.78, 5) is 0. The molecule has 1 saturated carbocycles. The first-order chi connectivity index (χ1) is 6.74. The molecule has 1 rings (SSSR count). The van der Waals surface area contributed by atoms with Crippen molar-refractivity contribution >= 4 is 11.8 Å². The van der Waals surface area contributed by atoms with Crippen LogP contribution in [0.1, 0.15) is 46.0 Å². The van der Waals surface area contributed by atoms with Crippen molar-refractivity contribution in [2.45, 2.75) is 51.2 Å². The average molecular weight is 211 g/mol. The van der Waals surface area contributed by atoms with Crippen LogP contribution in [0.3, 0.4) is 0 Å². The molecule has 14 heavy (non-hydrogen) atoms. The molecule has 1 fully saturated rings. The van der Waals surface area contributed by atoms with Crippen molar-refractivity contribution in [3.8, 4) is 6.07 Å². The van der Waals surface area contributed by atoms with Gasteiger partial charge in [0.15, 0.2) is 0 Å². The minimum absolute atomic E-state index is 0.321. The van der Waals surface area contributed by atoms with Crippen LogP contribution >= 0.6 is 11.8 Å². The van der Waals surface area contributed by atoms with Crippen molar-refractivity contribution in [2.75, 3.05) is 5.75 Å². The van der Waals surface area contributed by atoms with E-state index in [9.17, 15) is 0 Å². The molecule has 0 aliphatic heterocycles. The van der Waals surface area contributed by atoms with Crippen LogP contribution in [-0.2, 0) is 0 Å². The van der Waals surface area contributed by atoms with Gasteiger partial charge in [-0.1, -0.05) is 33.1 Å². The van der Waals surface area contributed by atoms with Gasteiger partial charge < -0.3 is 0 Å². The van der Waals surface area contributed by atoms with E-state index in [-0.39, 0.29) is 0 Å². The van der Waals surface area contributed by atoms with E-state index in [0.717, 1.165) is 12.3 Å². The van der Waals surface area contributed by atoms with Crippen molar-refractivity contribution in [1.82, 2.24) is 0 Å². The van der Waals surface area contributed by atoms with Crippen molar-refractivity contribution < 1.29 is 0 Å². The summed E-state index contributed by atoms with van der Waals surface area (Å²) in [6.45, 7) is 4.51. The van der Waals surface area contributed by atoms with Crippen molar-refractivity contribution in [2.24, 2.45) is 11.8 Å². The highest BCUT2D eigenvalue weighted by Gasteiger charge is 2.23. The minimum Gasteiger partial charge on any atom is -0.198 e. The molecule has 0 heterocycles.